The second-order valence-corrected chi connectivity index (χ2v) is 8.26. The van der Waals surface area contributed by atoms with Gasteiger partial charge in [-0.25, -0.2) is 4.98 Å². The molecule has 1 amide bonds. The van der Waals surface area contributed by atoms with Gasteiger partial charge in [-0.1, -0.05) is 29.8 Å². The van der Waals surface area contributed by atoms with E-state index in [9.17, 15) is 4.79 Å². The van der Waals surface area contributed by atoms with Crippen molar-refractivity contribution in [3.8, 4) is 0 Å². The predicted octanol–water partition coefficient (Wildman–Crippen LogP) is 3.32. The van der Waals surface area contributed by atoms with Crippen LogP contribution in [-0.4, -0.2) is 60.0 Å². The maximum absolute atomic E-state index is 12.7. The van der Waals surface area contributed by atoms with Crippen molar-refractivity contribution in [2.24, 2.45) is 0 Å². The number of amides is 1. The Labute approximate surface area is 177 Å². The van der Waals surface area contributed by atoms with Crippen molar-refractivity contribution in [1.29, 1.82) is 0 Å². The minimum atomic E-state index is 0.130. The molecule has 0 unspecified atom stereocenters. The number of benzene rings is 1. The molecular formula is C22H28ClN5O. The number of piperidine rings is 1. The number of aryl methyl sites for hydroxylation is 1. The van der Waals surface area contributed by atoms with Crippen LogP contribution in [0.1, 0.15) is 30.5 Å². The number of piperazine rings is 1. The van der Waals surface area contributed by atoms with Gasteiger partial charge in [0.05, 0.1) is 6.42 Å². The highest BCUT2D eigenvalue weighted by Crippen LogP contribution is 2.22. The summed E-state index contributed by atoms with van der Waals surface area (Å²) in [7, 11) is 0. The van der Waals surface area contributed by atoms with Crippen LogP contribution in [0.15, 0.2) is 30.3 Å². The Kier molecular flexibility index (Phi) is 6.19. The first-order valence-electron chi connectivity index (χ1n) is 10.5. The summed E-state index contributed by atoms with van der Waals surface area (Å²) in [6.07, 6.45) is 4.06. The highest BCUT2D eigenvalue weighted by Gasteiger charge is 2.24. The summed E-state index contributed by atoms with van der Waals surface area (Å²) in [5, 5.41) is 0.654. The van der Waals surface area contributed by atoms with Gasteiger partial charge in [0.1, 0.15) is 5.82 Å². The minimum absolute atomic E-state index is 0.130. The molecule has 0 bridgehead atoms. The number of hydrogen-bond donors (Lipinski definition) is 0. The average molecular weight is 414 g/mol. The van der Waals surface area contributed by atoms with E-state index in [1.54, 1.807) is 0 Å². The van der Waals surface area contributed by atoms with Crippen LogP contribution in [0.25, 0.3) is 0 Å². The molecule has 29 heavy (non-hydrogen) atoms. The van der Waals surface area contributed by atoms with Crippen molar-refractivity contribution in [3.63, 3.8) is 0 Å². The smallest absolute Gasteiger partial charge is 0.227 e. The molecule has 1 aromatic heterocycles. The molecule has 0 spiro atoms. The Hall–Kier alpha value is -2.34. The number of nitrogens with zero attached hydrogens (tertiary/aromatic N) is 5. The molecule has 2 saturated heterocycles. The average Bonchev–Trinajstić information content (AvgIpc) is 2.75. The number of carbonyl (C=O) groups excluding carboxylic acids is 1. The van der Waals surface area contributed by atoms with E-state index in [4.69, 9.17) is 16.6 Å². The van der Waals surface area contributed by atoms with E-state index >= 15 is 0 Å². The summed E-state index contributed by atoms with van der Waals surface area (Å²) in [5.74, 6) is 1.94. The molecule has 2 fully saturated rings. The lowest BCUT2D eigenvalue weighted by molar-refractivity contribution is -0.130. The molecule has 1 aromatic carbocycles. The second-order valence-electron chi connectivity index (χ2n) is 7.85. The van der Waals surface area contributed by atoms with Gasteiger partial charge in [0.25, 0.3) is 0 Å². The quantitative estimate of drug-likeness (QED) is 0.769. The number of halogens is 1. The molecule has 2 aliphatic rings. The first-order valence-corrected chi connectivity index (χ1v) is 10.8. The third-order valence-corrected chi connectivity index (χ3v) is 6.09. The number of anilines is 2. The van der Waals surface area contributed by atoms with Crippen molar-refractivity contribution in [3.05, 3.63) is 46.6 Å². The van der Waals surface area contributed by atoms with Crippen LogP contribution in [0.3, 0.4) is 0 Å². The van der Waals surface area contributed by atoms with Crippen LogP contribution < -0.4 is 9.80 Å². The van der Waals surface area contributed by atoms with Gasteiger partial charge < -0.3 is 14.7 Å². The van der Waals surface area contributed by atoms with Crippen LogP contribution in [-0.2, 0) is 11.2 Å². The van der Waals surface area contributed by atoms with Crippen LogP contribution >= 0.6 is 11.6 Å². The largest absolute Gasteiger partial charge is 0.353 e. The van der Waals surface area contributed by atoms with E-state index in [0.29, 0.717) is 24.5 Å². The zero-order chi connectivity index (χ0) is 20.2. The lowest BCUT2D eigenvalue weighted by Crippen LogP contribution is -2.49. The fourth-order valence-electron chi connectivity index (χ4n) is 4.04. The highest BCUT2D eigenvalue weighted by molar-refractivity contribution is 6.31. The maximum atomic E-state index is 12.7. The lowest BCUT2D eigenvalue weighted by atomic mass is 10.1. The number of carbonyl (C=O) groups is 1. The van der Waals surface area contributed by atoms with Crippen LogP contribution in [0.5, 0.6) is 0 Å². The minimum Gasteiger partial charge on any atom is -0.353 e. The Morgan fingerprint density at radius 2 is 1.69 bits per heavy atom. The second kappa shape index (κ2) is 8.99. The molecule has 4 rings (SSSR count). The Morgan fingerprint density at radius 1 is 0.966 bits per heavy atom. The fourth-order valence-corrected chi connectivity index (χ4v) is 4.24. The molecule has 3 heterocycles. The van der Waals surface area contributed by atoms with Gasteiger partial charge in [-0.3, -0.25) is 4.79 Å². The summed E-state index contributed by atoms with van der Waals surface area (Å²) in [5.41, 5.74) is 1.88. The predicted molar refractivity (Wildman–Crippen MR) is 117 cm³/mol. The summed E-state index contributed by atoms with van der Waals surface area (Å²) in [6, 6.07) is 9.61. The van der Waals surface area contributed by atoms with E-state index in [1.165, 1.54) is 19.3 Å². The molecular weight excluding hydrogens is 386 g/mol. The third-order valence-electron chi connectivity index (χ3n) is 5.72. The summed E-state index contributed by atoms with van der Waals surface area (Å²) in [6.45, 7) is 7.06. The van der Waals surface area contributed by atoms with Crippen molar-refractivity contribution in [2.45, 2.75) is 32.6 Å². The monoisotopic (exact) mass is 413 g/mol. The van der Waals surface area contributed by atoms with Crippen LogP contribution in [0, 0.1) is 6.92 Å². The summed E-state index contributed by atoms with van der Waals surface area (Å²) in [4.78, 5) is 28.7. The van der Waals surface area contributed by atoms with E-state index in [-0.39, 0.29) is 5.91 Å². The molecule has 0 radical (unpaired) electrons. The molecule has 2 aliphatic heterocycles. The Morgan fingerprint density at radius 3 is 2.41 bits per heavy atom. The van der Waals surface area contributed by atoms with E-state index in [0.717, 1.165) is 49.2 Å². The van der Waals surface area contributed by atoms with Gasteiger partial charge in [-0.2, -0.15) is 4.98 Å². The van der Waals surface area contributed by atoms with Crippen LogP contribution in [0.4, 0.5) is 11.8 Å². The third kappa shape index (κ3) is 4.81. The fraction of sp³-hybridized carbons (Fsp3) is 0.500. The normalized spacial score (nSPS) is 17.5. The topological polar surface area (TPSA) is 52.6 Å². The molecule has 0 aliphatic carbocycles. The van der Waals surface area contributed by atoms with E-state index in [1.807, 2.05) is 36.1 Å². The van der Waals surface area contributed by atoms with Gasteiger partial charge in [-0.05, 0) is 37.8 Å². The van der Waals surface area contributed by atoms with Crippen molar-refractivity contribution < 1.29 is 4.79 Å². The van der Waals surface area contributed by atoms with E-state index in [2.05, 4.69) is 20.9 Å². The number of rotatable bonds is 4. The van der Waals surface area contributed by atoms with Gasteiger partial charge in [-0.15, -0.1) is 0 Å². The molecule has 0 atom stereocenters. The van der Waals surface area contributed by atoms with Gasteiger partial charge >= 0.3 is 0 Å². The van der Waals surface area contributed by atoms with Crippen molar-refractivity contribution >= 4 is 29.3 Å². The molecule has 154 valence electrons. The Balaban J connectivity index is 1.38. The van der Waals surface area contributed by atoms with Gasteiger partial charge in [0.15, 0.2) is 0 Å². The van der Waals surface area contributed by atoms with Crippen molar-refractivity contribution in [2.75, 3.05) is 49.1 Å². The first-order chi connectivity index (χ1) is 14.1. The SMILES string of the molecule is Cc1cc(N2CCN(C(=O)Cc3ccccc3Cl)CC2)nc(N2CCCCC2)n1. The summed E-state index contributed by atoms with van der Waals surface area (Å²) < 4.78 is 0. The van der Waals surface area contributed by atoms with Gasteiger partial charge in [0.2, 0.25) is 11.9 Å². The lowest BCUT2D eigenvalue weighted by Gasteiger charge is -2.36. The summed E-state index contributed by atoms with van der Waals surface area (Å²) >= 11 is 6.21. The number of aromatic nitrogens is 2. The molecule has 6 nitrogen and oxygen atoms in total. The molecule has 0 N–H and O–H groups in total. The molecule has 0 saturated carbocycles. The van der Waals surface area contributed by atoms with E-state index < -0.39 is 0 Å². The van der Waals surface area contributed by atoms with Crippen LogP contribution in [0.2, 0.25) is 5.02 Å². The number of hydrogen-bond acceptors (Lipinski definition) is 5. The Bertz CT molecular complexity index is 860. The van der Waals surface area contributed by atoms with Gasteiger partial charge in [0, 0.05) is 56.1 Å². The maximum Gasteiger partial charge on any atom is 0.227 e. The highest BCUT2D eigenvalue weighted by atomic mass is 35.5. The zero-order valence-electron chi connectivity index (χ0n) is 17.0. The zero-order valence-corrected chi connectivity index (χ0v) is 17.7. The first kappa shape index (κ1) is 20.0. The standard InChI is InChI=1S/C22H28ClN5O/c1-17-15-20(25-22(24-17)28-9-5-2-6-10-28)26-11-13-27(14-12-26)21(29)16-18-7-3-4-8-19(18)23/h3-4,7-8,15H,2,5-6,9-14,16H2,1H3. The molecule has 7 heteroatoms. The van der Waals surface area contributed by atoms with Crippen molar-refractivity contribution in [1.82, 2.24) is 14.9 Å². The molecule has 2 aromatic rings.